The van der Waals surface area contributed by atoms with Gasteiger partial charge in [-0.3, -0.25) is 4.98 Å². The van der Waals surface area contributed by atoms with E-state index in [0.717, 1.165) is 26.2 Å². The topological polar surface area (TPSA) is 28.2 Å². The second-order valence-electron chi connectivity index (χ2n) is 3.86. The summed E-state index contributed by atoms with van der Waals surface area (Å²) in [6.07, 6.45) is 3.90. The van der Waals surface area contributed by atoms with Crippen molar-refractivity contribution in [1.29, 1.82) is 0 Å². The highest BCUT2D eigenvalue weighted by Gasteiger charge is 2.14. The molecule has 0 atom stereocenters. The van der Waals surface area contributed by atoms with Gasteiger partial charge in [0.1, 0.15) is 0 Å². The van der Waals surface area contributed by atoms with Crippen molar-refractivity contribution < 1.29 is 0 Å². The van der Waals surface area contributed by atoms with Crippen LogP contribution in [0.15, 0.2) is 12.4 Å². The molecule has 1 saturated heterocycles. The van der Waals surface area contributed by atoms with E-state index in [1.807, 2.05) is 12.4 Å². The number of nitrogens with zero attached hydrogens (tertiary/aromatic N) is 2. The van der Waals surface area contributed by atoms with Gasteiger partial charge in [0, 0.05) is 44.3 Å². The van der Waals surface area contributed by atoms with Crippen molar-refractivity contribution in [2.24, 2.45) is 0 Å². The average Bonchev–Trinajstić information content (AvgIpc) is 2.19. The molecule has 0 spiro atoms. The molecule has 0 radical (unpaired) electrons. The summed E-state index contributed by atoms with van der Waals surface area (Å²) in [4.78, 5) is 6.64. The quantitative estimate of drug-likeness (QED) is 0.720. The summed E-state index contributed by atoms with van der Waals surface area (Å²) >= 11 is 0. The number of hydrogen-bond donors (Lipinski definition) is 1. The Morgan fingerprint density at radius 1 is 1.14 bits per heavy atom. The second-order valence-corrected chi connectivity index (χ2v) is 3.86. The standard InChI is InChI=1S/C11H17N3/c1-9-7-13-8-10(2)11(9)14-5-3-12-4-6-14/h7-8,12H,3-6H2,1-2H3. The van der Waals surface area contributed by atoms with E-state index in [1.165, 1.54) is 16.8 Å². The first kappa shape index (κ1) is 9.46. The molecular weight excluding hydrogens is 174 g/mol. The summed E-state index contributed by atoms with van der Waals surface area (Å²) in [5.41, 5.74) is 3.94. The van der Waals surface area contributed by atoms with Crippen LogP contribution < -0.4 is 10.2 Å². The predicted molar refractivity (Wildman–Crippen MR) is 58.8 cm³/mol. The molecule has 3 nitrogen and oxygen atoms in total. The number of anilines is 1. The molecule has 0 aromatic carbocycles. The van der Waals surface area contributed by atoms with Gasteiger partial charge in [0.05, 0.1) is 0 Å². The van der Waals surface area contributed by atoms with Gasteiger partial charge in [-0.05, 0) is 25.0 Å². The lowest BCUT2D eigenvalue weighted by molar-refractivity contribution is 0.587. The van der Waals surface area contributed by atoms with Crippen LogP contribution in [0.3, 0.4) is 0 Å². The molecule has 14 heavy (non-hydrogen) atoms. The highest BCUT2D eigenvalue weighted by Crippen LogP contribution is 2.23. The van der Waals surface area contributed by atoms with Crippen molar-refractivity contribution in [3.05, 3.63) is 23.5 Å². The SMILES string of the molecule is Cc1cncc(C)c1N1CCNCC1. The number of aromatic nitrogens is 1. The number of nitrogens with one attached hydrogen (secondary N) is 1. The van der Waals surface area contributed by atoms with Gasteiger partial charge in [-0.15, -0.1) is 0 Å². The van der Waals surface area contributed by atoms with E-state index in [2.05, 4.69) is 29.0 Å². The molecule has 1 N–H and O–H groups in total. The fourth-order valence-corrected chi connectivity index (χ4v) is 2.08. The molecule has 3 heteroatoms. The van der Waals surface area contributed by atoms with Gasteiger partial charge in [-0.25, -0.2) is 0 Å². The maximum atomic E-state index is 4.20. The zero-order valence-electron chi connectivity index (χ0n) is 8.88. The minimum Gasteiger partial charge on any atom is -0.368 e. The Bertz CT molecular complexity index is 296. The normalized spacial score (nSPS) is 17.1. The van der Waals surface area contributed by atoms with Gasteiger partial charge in [0.25, 0.3) is 0 Å². The summed E-state index contributed by atoms with van der Waals surface area (Å²) in [6.45, 7) is 8.65. The summed E-state index contributed by atoms with van der Waals surface area (Å²) in [7, 11) is 0. The first-order chi connectivity index (χ1) is 6.79. The van der Waals surface area contributed by atoms with Crippen molar-refractivity contribution >= 4 is 5.69 Å². The molecule has 0 saturated carbocycles. The Balaban J connectivity index is 2.29. The Hall–Kier alpha value is -1.09. The summed E-state index contributed by atoms with van der Waals surface area (Å²) in [6, 6.07) is 0. The zero-order valence-corrected chi connectivity index (χ0v) is 8.88. The Kier molecular flexibility index (Phi) is 2.68. The van der Waals surface area contributed by atoms with Crippen molar-refractivity contribution in [3.8, 4) is 0 Å². The van der Waals surface area contributed by atoms with E-state index in [0.29, 0.717) is 0 Å². The minimum absolute atomic E-state index is 1.08. The monoisotopic (exact) mass is 191 g/mol. The summed E-state index contributed by atoms with van der Waals surface area (Å²) in [5, 5.41) is 3.37. The molecule has 0 amide bonds. The Morgan fingerprint density at radius 3 is 2.29 bits per heavy atom. The van der Waals surface area contributed by atoms with Crippen LogP contribution in [-0.4, -0.2) is 31.2 Å². The minimum atomic E-state index is 1.08. The number of rotatable bonds is 1. The molecule has 1 aliphatic heterocycles. The molecule has 1 aromatic rings. The van der Waals surface area contributed by atoms with Crippen molar-refractivity contribution in [3.63, 3.8) is 0 Å². The van der Waals surface area contributed by atoms with Crippen molar-refractivity contribution in [2.75, 3.05) is 31.1 Å². The van der Waals surface area contributed by atoms with Crippen LogP contribution in [0.4, 0.5) is 5.69 Å². The molecule has 0 bridgehead atoms. The lowest BCUT2D eigenvalue weighted by Crippen LogP contribution is -2.44. The third-order valence-electron chi connectivity index (χ3n) is 2.72. The van der Waals surface area contributed by atoms with E-state index in [-0.39, 0.29) is 0 Å². The Morgan fingerprint density at radius 2 is 1.71 bits per heavy atom. The summed E-state index contributed by atoms with van der Waals surface area (Å²) in [5.74, 6) is 0. The first-order valence-corrected chi connectivity index (χ1v) is 5.16. The number of aryl methyl sites for hydroxylation is 2. The van der Waals surface area contributed by atoms with E-state index < -0.39 is 0 Å². The van der Waals surface area contributed by atoms with Crippen molar-refractivity contribution in [2.45, 2.75) is 13.8 Å². The molecule has 76 valence electrons. The molecule has 0 unspecified atom stereocenters. The van der Waals surface area contributed by atoms with E-state index in [4.69, 9.17) is 0 Å². The fraction of sp³-hybridized carbons (Fsp3) is 0.545. The summed E-state index contributed by atoms with van der Waals surface area (Å²) < 4.78 is 0. The molecule has 1 fully saturated rings. The lowest BCUT2D eigenvalue weighted by atomic mass is 10.1. The van der Waals surface area contributed by atoms with Crippen LogP contribution in [0, 0.1) is 13.8 Å². The maximum Gasteiger partial charge on any atom is 0.0457 e. The van der Waals surface area contributed by atoms with Crippen LogP contribution in [0.5, 0.6) is 0 Å². The number of piperazine rings is 1. The zero-order chi connectivity index (χ0) is 9.97. The van der Waals surface area contributed by atoms with Crippen LogP contribution in [0.25, 0.3) is 0 Å². The van der Waals surface area contributed by atoms with Gasteiger partial charge >= 0.3 is 0 Å². The van der Waals surface area contributed by atoms with E-state index in [1.54, 1.807) is 0 Å². The molecule has 2 heterocycles. The van der Waals surface area contributed by atoms with Gasteiger partial charge < -0.3 is 10.2 Å². The molecule has 2 rings (SSSR count). The van der Waals surface area contributed by atoms with Gasteiger partial charge in [-0.1, -0.05) is 0 Å². The number of hydrogen-bond acceptors (Lipinski definition) is 3. The van der Waals surface area contributed by atoms with Crippen LogP contribution >= 0.6 is 0 Å². The van der Waals surface area contributed by atoms with Gasteiger partial charge in [0.15, 0.2) is 0 Å². The largest absolute Gasteiger partial charge is 0.368 e. The van der Waals surface area contributed by atoms with Crippen molar-refractivity contribution in [1.82, 2.24) is 10.3 Å². The highest BCUT2D eigenvalue weighted by molar-refractivity contribution is 5.57. The van der Waals surface area contributed by atoms with Crippen LogP contribution in [-0.2, 0) is 0 Å². The van der Waals surface area contributed by atoms with Crippen LogP contribution in [0.1, 0.15) is 11.1 Å². The Labute approximate surface area is 85.1 Å². The second kappa shape index (κ2) is 3.96. The van der Waals surface area contributed by atoms with Gasteiger partial charge in [-0.2, -0.15) is 0 Å². The highest BCUT2D eigenvalue weighted by atomic mass is 15.2. The first-order valence-electron chi connectivity index (χ1n) is 5.16. The molecule has 1 aliphatic rings. The number of pyridine rings is 1. The third kappa shape index (κ3) is 1.73. The third-order valence-corrected chi connectivity index (χ3v) is 2.72. The van der Waals surface area contributed by atoms with Gasteiger partial charge in [0.2, 0.25) is 0 Å². The van der Waals surface area contributed by atoms with E-state index >= 15 is 0 Å². The fourth-order valence-electron chi connectivity index (χ4n) is 2.08. The average molecular weight is 191 g/mol. The molecule has 1 aromatic heterocycles. The smallest absolute Gasteiger partial charge is 0.0457 e. The lowest BCUT2D eigenvalue weighted by Gasteiger charge is -2.31. The molecule has 0 aliphatic carbocycles. The molecular formula is C11H17N3. The maximum absolute atomic E-state index is 4.20. The van der Waals surface area contributed by atoms with E-state index in [9.17, 15) is 0 Å². The van der Waals surface area contributed by atoms with Crippen LogP contribution in [0.2, 0.25) is 0 Å². The predicted octanol–water partition coefficient (Wildman–Crippen LogP) is 1.11.